The molecule has 1 aromatic carbocycles. The van der Waals surface area contributed by atoms with Crippen LogP contribution >= 0.6 is 0 Å². The van der Waals surface area contributed by atoms with Gasteiger partial charge in [0.2, 0.25) is 10.0 Å². The zero-order chi connectivity index (χ0) is 18.9. The van der Waals surface area contributed by atoms with Crippen molar-refractivity contribution in [2.45, 2.75) is 23.5 Å². The van der Waals surface area contributed by atoms with Crippen LogP contribution in [0.15, 0.2) is 53.7 Å². The number of nitrogens with one attached hydrogen (secondary N) is 2. The minimum Gasteiger partial charge on any atom is -0.284 e. The van der Waals surface area contributed by atoms with E-state index >= 15 is 0 Å². The maximum Gasteiger partial charge on any atom is 0.243 e. The highest BCUT2D eigenvalue weighted by Crippen LogP contribution is 2.25. The number of piperazine rings is 1. The second-order valence-corrected chi connectivity index (χ2v) is 8.71. The molecule has 7 nitrogen and oxygen atoms in total. The molecule has 0 spiro atoms. The molecule has 2 aliphatic heterocycles. The summed E-state index contributed by atoms with van der Waals surface area (Å²) in [6.07, 6.45) is 4.61. The van der Waals surface area contributed by atoms with Crippen LogP contribution in [0, 0.1) is 5.82 Å². The summed E-state index contributed by atoms with van der Waals surface area (Å²) in [6.45, 7) is 2.11. The Morgan fingerprint density at radius 2 is 1.63 bits per heavy atom. The summed E-state index contributed by atoms with van der Waals surface area (Å²) >= 11 is 0. The second-order valence-electron chi connectivity index (χ2n) is 6.77. The van der Waals surface area contributed by atoms with Crippen LogP contribution in [0.5, 0.6) is 0 Å². The van der Waals surface area contributed by atoms with E-state index in [4.69, 9.17) is 0 Å². The molecule has 2 N–H and O–H groups in total. The van der Waals surface area contributed by atoms with Crippen LogP contribution in [-0.2, 0) is 10.0 Å². The van der Waals surface area contributed by atoms with Gasteiger partial charge in [0.1, 0.15) is 5.82 Å². The molecule has 144 valence electrons. The highest BCUT2D eigenvalue weighted by molar-refractivity contribution is 7.89. The Balaban J connectivity index is 1.36. The van der Waals surface area contributed by atoms with Crippen LogP contribution in [0.1, 0.15) is 18.0 Å². The van der Waals surface area contributed by atoms with E-state index in [1.54, 1.807) is 12.4 Å². The van der Waals surface area contributed by atoms with Crippen molar-refractivity contribution in [3.63, 3.8) is 0 Å². The van der Waals surface area contributed by atoms with Gasteiger partial charge in [-0.25, -0.2) is 23.7 Å². The normalized spacial score (nSPS) is 24.9. The van der Waals surface area contributed by atoms with E-state index < -0.39 is 15.8 Å². The number of halogens is 1. The Morgan fingerprint density at radius 3 is 2.30 bits per heavy atom. The average Bonchev–Trinajstić information content (AvgIpc) is 3.19. The van der Waals surface area contributed by atoms with Crippen molar-refractivity contribution in [3.8, 4) is 0 Å². The summed E-state index contributed by atoms with van der Waals surface area (Å²) in [5, 5.41) is 0. The molecule has 2 saturated heterocycles. The molecule has 3 heterocycles. The van der Waals surface area contributed by atoms with Gasteiger partial charge in [0.05, 0.1) is 11.1 Å². The van der Waals surface area contributed by atoms with Gasteiger partial charge in [0.15, 0.2) is 0 Å². The predicted molar refractivity (Wildman–Crippen MR) is 98.4 cm³/mol. The summed E-state index contributed by atoms with van der Waals surface area (Å²) in [5.74, 6) is -0.442. The molecule has 1 aromatic heterocycles. The number of hydrogen-bond donors (Lipinski definition) is 2. The predicted octanol–water partition coefficient (Wildman–Crippen LogP) is 1.09. The Labute approximate surface area is 158 Å². The first-order valence-corrected chi connectivity index (χ1v) is 10.4. The molecule has 2 fully saturated rings. The molecule has 0 bridgehead atoms. The quantitative estimate of drug-likeness (QED) is 0.813. The molecule has 0 saturated carbocycles. The van der Waals surface area contributed by atoms with Gasteiger partial charge in [-0.2, -0.15) is 4.31 Å². The average molecular weight is 391 g/mol. The van der Waals surface area contributed by atoms with Crippen LogP contribution in [0.3, 0.4) is 0 Å². The fraction of sp³-hybridized carbons (Fsp3) is 0.389. The van der Waals surface area contributed by atoms with Crippen molar-refractivity contribution < 1.29 is 12.8 Å². The lowest BCUT2D eigenvalue weighted by molar-refractivity contribution is 0.123. The van der Waals surface area contributed by atoms with Crippen molar-refractivity contribution >= 4 is 10.0 Å². The molecular weight excluding hydrogens is 369 g/mol. The second kappa shape index (κ2) is 7.61. The van der Waals surface area contributed by atoms with E-state index in [2.05, 4.69) is 20.7 Å². The van der Waals surface area contributed by atoms with E-state index in [0.717, 1.165) is 6.42 Å². The summed E-state index contributed by atoms with van der Waals surface area (Å²) in [4.78, 5) is 6.43. The van der Waals surface area contributed by atoms with Crippen LogP contribution in [0.2, 0.25) is 0 Å². The van der Waals surface area contributed by atoms with Crippen LogP contribution < -0.4 is 10.9 Å². The van der Waals surface area contributed by atoms with E-state index in [0.29, 0.717) is 26.2 Å². The summed E-state index contributed by atoms with van der Waals surface area (Å²) < 4.78 is 40.0. The Kier molecular flexibility index (Phi) is 5.20. The smallest absolute Gasteiger partial charge is 0.243 e. The van der Waals surface area contributed by atoms with Crippen molar-refractivity contribution in [2.24, 2.45) is 0 Å². The van der Waals surface area contributed by atoms with Gasteiger partial charge in [0, 0.05) is 44.6 Å². The number of pyridine rings is 1. The van der Waals surface area contributed by atoms with E-state index in [1.165, 1.54) is 34.1 Å². The van der Waals surface area contributed by atoms with Gasteiger partial charge in [-0.15, -0.1) is 0 Å². The zero-order valence-electron chi connectivity index (χ0n) is 14.8. The molecule has 0 aliphatic carbocycles. The number of benzene rings is 1. The van der Waals surface area contributed by atoms with E-state index in [-0.39, 0.29) is 17.1 Å². The molecule has 0 amide bonds. The third-order valence-corrected chi connectivity index (χ3v) is 7.07. The third-order valence-electron chi connectivity index (χ3n) is 5.16. The molecule has 2 aromatic rings. The molecule has 2 unspecified atom stereocenters. The molecule has 0 radical (unpaired) electrons. The monoisotopic (exact) mass is 391 g/mol. The molecule has 9 heteroatoms. The lowest BCUT2D eigenvalue weighted by Gasteiger charge is -2.37. The highest BCUT2D eigenvalue weighted by Gasteiger charge is 2.34. The number of hydrazine groups is 1. The van der Waals surface area contributed by atoms with Crippen molar-refractivity contribution in [2.75, 3.05) is 26.2 Å². The van der Waals surface area contributed by atoms with Crippen molar-refractivity contribution in [3.05, 3.63) is 60.2 Å². The van der Waals surface area contributed by atoms with Crippen molar-refractivity contribution in [1.29, 1.82) is 0 Å². The number of rotatable bonds is 4. The topological polar surface area (TPSA) is 77.6 Å². The first kappa shape index (κ1) is 18.5. The van der Waals surface area contributed by atoms with Gasteiger partial charge in [-0.05, 0) is 48.4 Å². The van der Waals surface area contributed by atoms with Gasteiger partial charge in [0.25, 0.3) is 0 Å². The number of sulfonamides is 1. The lowest BCUT2D eigenvalue weighted by atomic mass is 10.1. The number of nitrogens with zero attached hydrogens (tertiary/aromatic N) is 3. The van der Waals surface area contributed by atoms with E-state index in [9.17, 15) is 12.8 Å². The SMILES string of the molecule is O=S(=O)(c1ccc(F)cc1)N1CCN(C2CC(c3ccncc3)NN2)CC1. The fourth-order valence-electron chi connectivity index (χ4n) is 3.60. The Morgan fingerprint density at radius 1 is 0.963 bits per heavy atom. The molecule has 2 aliphatic rings. The number of hydrogen-bond acceptors (Lipinski definition) is 6. The Bertz CT molecular complexity index is 870. The number of aromatic nitrogens is 1. The summed E-state index contributed by atoms with van der Waals surface area (Å²) in [7, 11) is -3.58. The van der Waals surface area contributed by atoms with Gasteiger partial charge < -0.3 is 0 Å². The molecule has 2 atom stereocenters. The minimum atomic E-state index is -3.58. The largest absolute Gasteiger partial charge is 0.284 e. The maximum absolute atomic E-state index is 13.1. The molecule has 4 rings (SSSR count). The van der Waals surface area contributed by atoms with Crippen LogP contribution in [-0.4, -0.2) is 55.0 Å². The Hall–Kier alpha value is -1.91. The first-order chi connectivity index (χ1) is 13.0. The summed E-state index contributed by atoms with van der Waals surface area (Å²) in [5.41, 5.74) is 7.80. The lowest BCUT2D eigenvalue weighted by Crippen LogP contribution is -2.55. The maximum atomic E-state index is 13.1. The minimum absolute atomic E-state index is 0.135. The highest BCUT2D eigenvalue weighted by atomic mass is 32.2. The molecular formula is C18H22FN5O2S. The van der Waals surface area contributed by atoms with E-state index in [1.807, 2.05) is 12.1 Å². The molecule has 27 heavy (non-hydrogen) atoms. The van der Waals surface area contributed by atoms with Gasteiger partial charge >= 0.3 is 0 Å². The zero-order valence-corrected chi connectivity index (χ0v) is 15.6. The standard InChI is InChI=1S/C18H22FN5O2S/c19-15-1-3-16(4-2-15)27(25,26)24-11-9-23(10-12-24)18-13-17(21-22-18)14-5-7-20-8-6-14/h1-8,17-18,21-22H,9-13H2. The van der Waals surface area contributed by atoms with Crippen LogP contribution in [0.25, 0.3) is 0 Å². The van der Waals surface area contributed by atoms with Gasteiger partial charge in [-0.3, -0.25) is 9.88 Å². The first-order valence-electron chi connectivity index (χ1n) is 8.95. The fourth-order valence-corrected chi connectivity index (χ4v) is 5.03. The van der Waals surface area contributed by atoms with Gasteiger partial charge in [-0.1, -0.05) is 0 Å². The third kappa shape index (κ3) is 3.87. The van der Waals surface area contributed by atoms with Crippen LogP contribution in [0.4, 0.5) is 4.39 Å². The summed E-state index contributed by atoms with van der Waals surface area (Å²) in [6, 6.07) is 9.19. The van der Waals surface area contributed by atoms with Crippen molar-refractivity contribution in [1.82, 2.24) is 25.0 Å².